The smallest absolute Gasteiger partial charge is 0.366 e. The van der Waals surface area contributed by atoms with E-state index in [9.17, 15) is 22.8 Å². The summed E-state index contributed by atoms with van der Waals surface area (Å²) in [6.45, 7) is 2.28. The molecule has 3 saturated heterocycles. The highest BCUT2D eigenvalue weighted by molar-refractivity contribution is 5.79. The van der Waals surface area contributed by atoms with Crippen molar-refractivity contribution in [1.82, 2.24) is 30.3 Å². The van der Waals surface area contributed by atoms with E-state index >= 15 is 0 Å². The Morgan fingerprint density at radius 2 is 1.88 bits per heavy atom. The molecule has 4 fully saturated rings. The van der Waals surface area contributed by atoms with Crippen LogP contribution in [0.5, 0.6) is 0 Å². The molecule has 0 unspecified atom stereocenters. The molecule has 9 nitrogen and oxygen atoms in total. The van der Waals surface area contributed by atoms with E-state index in [0.717, 1.165) is 12.8 Å². The zero-order chi connectivity index (χ0) is 22.5. The molecule has 2 N–H and O–H groups in total. The summed E-state index contributed by atoms with van der Waals surface area (Å²) in [6, 6.07) is -0.208. The maximum absolute atomic E-state index is 13.3. The number of nitrogens with zero attached hydrogens (tertiary/aromatic N) is 4. The van der Waals surface area contributed by atoms with E-state index in [1.165, 1.54) is 0 Å². The second-order valence-corrected chi connectivity index (χ2v) is 9.36. The number of carbonyl (C=O) groups excluding carboxylic acids is 2. The highest BCUT2D eigenvalue weighted by Gasteiger charge is 2.66. The predicted octanol–water partition coefficient (Wildman–Crippen LogP) is 1.36. The van der Waals surface area contributed by atoms with E-state index < -0.39 is 11.6 Å². The summed E-state index contributed by atoms with van der Waals surface area (Å²) in [6.07, 6.45) is -1.54. The van der Waals surface area contributed by atoms with Gasteiger partial charge in [-0.3, -0.25) is 9.89 Å². The Kier molecular flexibility index (Phi) is 5.30. The molecular formula is C20H27F3N6O3. The predicted molar refractivity (Wildman–Crippen MR) is 105 cm³/mol. The van der Waals surface area contributed by atoms with Crippen LogP contribution in [0.2, 0.25) is 0 Å². The quantitative estimate of drug-likeness (QED) is 0.715. The second-order valence-electron chi connectivity index (χ2n) is 9.36. The molecule has 1 aliphatic carbocycles. The van der Waals surface area contributed by atoms with Gasteiger partial charge < -0.3 is 19.9 Å². The summed E-state index contributed by atoms with van der Waals surface area (Å²) >= 11 is 0. The lowest BCUT2D eigenvalue weighted by molar-refractivity contribution is -0.162. The molecule has 32 heavy (non-hydrogen) atoms. The second kappa shape index (κ2) is 7.89. The number of H-pyrrole nitrogens is 1. The third kappa shape index (κ3) is 3.93. The fraction of sp³-hybridized carbons (Fsp3) is 0.800. The van der Waals surface area contributed by atoms with E-state index in [0.29, 0.717) is 44.8 Å². The zero-order valence-corrected chi connectivity index (χ0v) is 17.7. The number of rotatable bonds is 3. The van der Waals surface area contributed by atoms with E-state index in [1.54, 1.807) is 4.90 Å². The summed E-state index contributed by atoms with van der Waals surface area (Å²) < 4.78 is 45.4. The molecule has 0 spiro atoms. The standard InChI is InChI=1S/C20H27F3N6O3/c21-20(22,23)19(4-5-19)17-25-15(26-27-17)9-12-1-6-28(7-2-12)18(31)29-8-3-14-13(10-29)24-16(30)11-32-14/h12-14H,1-11H2,(H,24,30)(H,25,26,27)/t13-,14+/m1/s1. The number of hydrogen-bond donors (Lipinski definition) is 2. The van der Waals surface area contributed by atoms with Gasteiger partial charge in [0.15, 0.2) is 5.82 Å². The average Bonchev–Trinajstić information content (AvgIpc) is 3.47. The van der Waals surface area contributed by atoms with Crippen molar-refractivity contribution in [3.8, 4) is 0 Å². The number of halogens is 3. The Morgan fingerprint density at radius 1 is 1.16 bits per heavy atom. The third-order valence-electron chi connectivity index (χ3n) is 7.23. The van der Waals surface area contributed by atoms with E-state index in [4.69, 9.17) is 4.74 Å². The summed E-state index contributed by atoms with van der Waals surface area (Å²) in [7, 11) is 0. The molecule has 176 valence electrons. The normalized spacial score (nSPS) is 28.3. The molecule has 0 bridgehead atoms. The Balaban J connectivity index is 1.12. The van der Waals surface area contributed by atoms with Crippen molar-refractivity contribution in [2.24, 2.45) is 5.92 Å². The van der Waals surface area contributed by atoms with Crippen molar-refractivity contribution in [1.29, 1.82) is 0 Å². The molecule has 0 radical (unpaired) electrons. The number of aromatic amines is 1. The number of morpholine rings is 1. The summed E-state index contributed by atoms with van der Waals surface area (Å²) in [5, 5.41) is 9.44. The van der Waals surface area contributed by atoms with E-state index in [2.05, 4.69) is 20.5 Å². The van der Waals surface area contributed by atoms with Gasteiger partial charge >= 0.3 is 12.2 Å². The number of ether oxygens (including phenoxy) is 1. The number of carbonyl (C=O) groups is 2. The van der Waals surface area contributed by atoms with Crippen molar-refractivity contribution in [2.45, 2.75) is 62.3 Å². The highest BCUT2D eigenvalue weighted by Crippen LogP contribution is 2.57. The summed E-state index contributed by atoms with van der Waals surface area (Å²) in [5.74, 6) is 0.407. The average molecular weight is 456 g/mol. The number of nitrogens with one attached hydrogen (secondary N) is 2. The van der Waals surface area contributed by atoms with Crippen LogP contribution in [0.3, 0.4) is 0 Å². The summed E-state index contributed by atoms with van der Waals surface area (Å²) in [4.78, 5) is 32.3. The fourth-order valence-electron chi connectivity index (χ4n) is 5.04. The van der Waals surface area contributed by atoms with Crippen LogP contribution >= 0.6 is 0 Å². The molecular weight excluding hydrogens is 429 g/mol. The maximum atomic E-state index is 13.3. The number of aromatic nitrogens is 3. The molecule has 5 rings (SSSR count). The number of urea groups is 1. The Labute approximate surface area is 183 Å². The van der Waals surface area contributed by atoms with Crippen LogP contribution in [0, 0.1) is 5.92 Å². The lowest BCUT2D eigenvalue weighted by Gasteiger charge is -2.43. The first-order valence-corrected chi connectivity index (χ1v) is 11.2. The first kappa shape index (κ1) is 21.5. The van der Waals surface area contributed by atoms with Crippen LogP contribution in [-0.4, -0.2) is 88.0 Å². The minimum Gasteiger partial charge on any atom is -0.366 e. The molecule has 1 saturated carbocycles. The SMILES string of the molecule is O=C1CO[C@H]2CCN(C(=O)N3CCC(Cc4n[nH]c(C5(C(F)(F)F)CC5)n4)CC3)C[C@H]2N1. The van der Waals surface area contributed by atoms with Crippen molar-refractivity contribution in [3.63, 3.8) is 0 Å². The fourth-order valence-corrected chi connectivity index (χ4v) is 5.04. The number of amides is 3. The van der Waals surface area contributed by atoms with Gasteiger partial charge in [-0.2, -0.15) is 18.3 Å². The zero-order valence-electron chi connectivity index (χ0n) is 17.7. The van der Waals surface area contributed by atoms with Gasteiger partial charge in [0.1, 0.15) is 17.8 Å². The lowest BCUT2D eigenvalue weighted by Crippen LogP contribution is -2.62. The largest absolute Gasteiger partial charge is 0.401 e. The van der Waals surface area contributed by atoms with Crippen molar-refractivity contribution < 1.29 is 27.5 Å². The van der Waals surface area contributed by atoms with Crippen LogP contribution in [0.15, 0.2) is 0 Å². The van der Waals surface area contributed by atoms with Gasteiger partial charge in [-0.15, -0.1) is 0 Å². The molecule has 0 aromatic carbocycles. The number of alkyl halides is 3. The topological polar surface area (TPSA) is 103 Å². The van der Waals surface area contributed by atoms with E-state index in [-0.39, 0.29) is 55.3 Å². The molecule has 4 aliphatic rings. The number of hydrogen-bond acceptors (Lipinski definition) is 5. The first-order chi connectivity index (χ1) is 15.2. The van der Waals surface area contributed by atoms with Crippen LogP contribution in [0.25, 0.3) is 0 Å². The van der Waals surface area contributed by atoms with Gasteiger partial charge in [0.05, 0.1) is 12.1 Å². The van der Waals surface area contributed by atoms with Gasteiger partial charge in [-0.1, -0.05) is 0 Å². The van der Waals surface area contributed by atoms with Crippen molar-refractivity contribution in [3.05, 3.63) is 11.6 Å². The molecule has 2 atom stereocenters. The molecule has 4 heterocycles. The van der Waals surface area contributed by atoms with Crippen LogP contribution < -0.4 is 5.32 Å². The lowest BCUT2D eigenvalue weighted by atomic mass is 9.93. The van der Waals surface area contributed by atoms with Crippen molar-refractivity contribution >= 4 is 11.9 Å². The van der Waals surface area contributed by atoms with Crippen LogP contribution in [0.1, 0.15) is 43.8 Å². The van der Waals surface area contributed by atoms with Crippen LogP contribution in [-0.2, 0) is 21.4 Å². The van der Waals surface area contributed by atoms with Gasteiger partial charge in [-0.05, 0) is 38.0 Å². The first-order valence-electron chi connectivity index (χ1n) is 11.2. The molecule has 3 amide bonds. The van der Waals surface area contributed by atoms with Crippen molar-refractivity contribution in [2.75, 3.05) is 32.8 Å². The van der Waals surface area contributed by atoms with E-state index in [1.807, 2.05) is 4.90 Å². The van der Waals surface area contributed by atoms with Gasteiger partial charge in [0.2, 0.25) is 5.91 Å². The Bertz CT molecular complexity index is 878. The maximum Gasteiger partial charge on any atom is 0.401 e. The Hall–Kier alpha value is -2.37. The number of fused-ring (bicyclic) bond motifs is 1. The van der Waals surface area contributed by atoms with Gasteiger partial charge in [0.25, 0.3) is 0 Å². The van der Waals surface area contributed by atoms with Crippen LogP contribution in [0.4, 0.5) is 18.0 Å². The molecule has 1 aromatic rings. The van der Waals surface area contributed by atoms with Gasteiger partial charge in [0, 0.05) is 32.6 Å². The molecule has 3 aliphatic heterocycles. The monoisotopic (exact) mass is 456 g/mol. The molecule has 12 heteroatoms. The third-order valence-corrected chi connectivity index (χ3v) is 7.23. The van der Waals surface area contributed by atoms with Gasteiger partial charge in [-0.25, -0.2) is 9.78 Å². The number of likely N-dealkylation sites (tertiary alicyclic amines) is 2. The molecule has 1 aromatic heterocycles. The minimum absolute atomic E-state index is 0.0391. The number of piperidine rings is 2. The summed E-state index contributed by atoms with van der Waals surface area (Å²) in [5.41, 5.74) is -1.84. The minimum atomic E-state index is -4.31. The Morgan fingerprint density at radius 3 is 2.56 bits per heavy atom. The highest BCUT2D eigenvalue weighted by atomic mass is 19.4.